The average Bonchev–Trinajstić information content (AvgIpc) is 2.45. The molecule has 2 aromatic rings. The zero-order valence-corrected chi connectivity index (χ0v) is 11.7. The Morgan fingerprint density at radius 1 is 1.14 bits per heavy atom. The molecular formula is C15H12ClF2NO2. The summed E-state index contributed by atoms with van der Waals surface area (Å²) in [6.45, 7) is 0.115. The monoisotopic (exact) mass is 311 g/mol. The van der Waals surface area contributed by atoms with Gasteiger partial charge in [-0.1, -0.05) is 11.6 Å². The highest BCUT2D eigenvalue weighted by Gasteiger charge is 2.08. The molecular weight excluding hydrogens is 300 g/mol. The Balaban J connectivity index is 1.82. The van der Waals surface area contributed by atoms with Crippen molar-refractivity contribution in [3.8, 4) is 5.75 Å². The van der Waals surface area contributed by atoms with Crippen molar-refractivity contribution in [1.29, 1.82) is 0 Å². The summed E-state index contributed by atoms with van der Waals surface area (Å²) in [5, 5.41) is 2.88. The number of hydrogen-bond donors (Lipinski definition) is 1. The summed E-state index contributed by atoms with van der Waals surface area (Å²) in [6, 6.07) is 9.54. The molecule has 6 heteroatoms. The maximum Gasteiger partial charge on any atom is 0.227 e. The van der Waals surface area contributed by atoms with E-state index in [1.54, 1.807) is 24.3 Å². The molecule has 2 aromatic carbocycles. The lowest BCUT2D eigenvalue weighted by Crippen LogP contribution is -2.16. The first kappa shape index (κ1) is 15.3. The smallest absolute Gasteiger partial charge is 0.227 e. The highest BCUT2D eigenvalue weighted by molar-refractivity contribution is 6.30. The van der Waals surface area contributed by atoms with Gasteiger partial charge in [-0.25, -0.2) is 8.78 Å². The number of hydrogen-bond acceptors (Lipinski definition) is 2. The highest BCUT2D eigenvalue weighted by Crippen LogP contribution is 2.17. The van der Waals surface area contributed by atoms with Crippen LogP contribution in [0, 0.1) is 11.6 Å². The molecule has 0 aromatic heterocycles. The predicted octanol–water partition coefficient (Wildman–Crippen LogP) is 4.03. The second-order valence-electron chi connectivity index (χ2n) is 4.22. The lowest BCUT2D eigenvalue weighted by Gasteiger charge is -2.08. The van der Waals surface area contributed by atoms with Gasteiger partial charge in [0.25, 0.3) is 0 Å². The molecule has 0 bridgehead atoms. The molecule has 110 valence electrons. The molecule has 0 atom stereocenters. The SMILES string of the molecule is O=C(CCOc1ccc(Cl)cc1)Nc1cc(F)ccc1F. The Morgan fingerprint density at radius 2 is 1.86 bits per heavy atom. The van der Waals surface area contributed by atoms with Crippen molar-refractivity contribution in [2.75, 3.05) is 11.9 Å². The number of nitrogens with one attached hydrogen (secondary N) is 1. The van der Waals surface area contributed by atoms with Crippen LogP contribution in [0.3, 0.4) is 0 Å². The third-order valence-corrected chi connectivity index (χ3v) is 2.87. The zero-order chi connectivity index (χ0) is 15.2. The van der Waals surface area contributed by atoms with Crippen LogP contribution in [0.2, 0.25) is 5.02 Å². The molecule has 0 heterocycles. The quantitative estimate of drug-likeness (QED) is 0.905. The Morgan fingerprint density at radius 3 is 2.57 bits per heavy atom. The van der Waals surface area contributed by atoms with Gasteiger partial charge in [0, 0.05) is 11.1 Å². The van der Waals surface area contributed by atoms with Crippen LogP contribution < -0.4 is 10.1 Å². The molecule has 0 saturated heterocycles. The Labute approximate surface area is 125 Å². The van der Waals surface area contributed by atoms with E-state index in [1.807, 2.05) is 0 Å². The summed E-state index contributed by atoms with van der Waals surface area (Å²) in [7, 11) is 0. The minimum Gasteiger partial charge on any atom is -0.493 e. The third kappa shape index (κ3) is 4.72. The number of amides is 1. The van der Waals surface area contributed by atoms with Crippen LogP contribution in [0.1, 0.15) is 6.42 Å². The molecule has 1 amide bonds. The second-order valence-corrected chi connectivity index (χ2v) is 4.66. The second kappa shape index (κ2) is 7.04. The minimum absolute atomic E-state index is 0.0125. The molecule has 0 fully saturated rings. The summed E-state index contributed by atoms with van der Waals surface area (Å²) < 4.78 is 31.6. The van der Waals surface area contributed by atoms with E-state index in [1.165, 1.54) is 0 Å². The van der Waals surface area contributed by atoms with Gasteiger partial charge in [0.1, 0.15) is 17.4 Å². The van der Waals surface area contributed by atoms with Gasteiger partial charge in [-0.2, -0.15) is 0 Å². The molecule has 0 radical (unpaired) electrons. The maximum atomic E-state index is 13.3. The van der Waals surface area contributed by atoms with Crippen molar-refractivity contribution < 1.29 is 18.3 Å². The van der Waals surface area contributed by atoms with Gasteiger partial charge in [-0.15, -0.1) is 0 Å². The predicted molar refractivity (Wildman–Crippen MR) is 76.6 cm³/mol. The van der Waals surface area contributed by atoms with Gasteiger partial charge in [-0.3, -0.25) is 4.79 Å². The van der Waals surface area contributed by atoms with Gasteiger partial charge in [-0.05, 0) is 36.4 Å². The molecule has 0 spiro atoms. The van der Waals surface area contributed by atoms with Crippen LogP contribution in [0.25, 0.3) is 0 Å². The molecule has 0 aliphatic heterocycles. The minimum atomic E-state index is -0.691. The Kier molecular flexibility index (Phi) is 5.11. The van der Waals surface area contributed by atoms with Gasteiger partial charge >= 0.3 is 0 Å². The van der Waals surface area contributed by atoms with Crippen molar-refractivity contribution >= 4 is 23.2 Å². The van der Waals surface area contributed by atoms with E-state index in [0.29, 0.717) is 10.8 Å². The lowest BCUT2D eigenvalue weighted by atomic mass is 10.3. The molecule has 0 aliphatic rings. The van der Waals surface area contributed by atoms with Crippen molar-refractivity contribution in [3.63, 3.8) is 0 Å². The number of halogens is 3. The fraction of sp³-hybridized carbons (Fsp3) is 0.133. The topological polar surface area (TPSA) is 38.3 Å². The van der Waals surface area contributed by atoms with Crippen molar-refractivity contribution in [2.45, 2.75) is 6.42 Å². The summed E-state index contributed by atoms with van der Waals surface area (Å²) >= 11 is 5.73. The van der Waals surface area contributed by atoms with Crippen molar-refractivity contribution in [3.05, 3.63) is 59.1 Å². The van der Waals surface area contributed by atoms with E-state index in [-0.39, 0.29) is 18.7 Å². The number of carbonyl (C=O) groups is 1. The zero-order valence-electron chi connectivity index (χ0n) is 10.9. The van der Waals surface area contributed by atoms with Crippen LogP contribution in [-0.4, -0.2) is 12.5 Å². The van der Waals surface area contributed by atoms with Crippen LogP contribution in [0.5, 0.6) is 5.75 Å². The molecule has 2 rings (SSSR count). The summed E-state index contributed by atoms with van der Waals surface area (Å²) in [5.41, 5.74) is -0.188. The molecule has 0 aliphatic carbocycles. The summed E-state index contributed by atoms with van der Waals surface area (Å²) in [5.74, 6) is -1.20. The molecule has 1 N–H and O–H groups in total. The van der Waals surface area contributed by atoms with E-state index >= 15 is 0 Å². The molecule has 21 heavy (non-hydrogen) atoms. The fourth-order valence-electron chi connectivity index (χ4n) is 1.60. The van der Waals surface area contributed by atoms with E-state index < -0.39 is 17.5 Å². The summed E-state index contributed by atoms with van der Waals surface area (Å²) in [4.78, 5) is 11.6. The first-order valence-corrected chi connectivity index (χ1v) is 6.55. The third-order valence-electron chi connectivity index (χ3n) is 2.61. The van der Waals surface area contributed by atoms with Gasteiger partial charge < -0.3 is 10.1 Å². The lowest BCUT2D eigenvalue weighted by molar-refractivity contribution is -0.116. The molecule has 0 saturated carbocycles. The van der Waals surface area contributed by atoms with Crippen LogP contribution in [0.4, 0.5) is 14.5 Å². The van der Waals surface area contributed by atoms with E-state index in [9.17, 15) is 13.6 Å². The molecule has 0 unspecified atom stereocenters. The van der Waals surface area contributed by atoms with Gasteiger partial charge in [0.05, 0.1) is 18.7 Å². The summed E-state index contributed by atoms with van der Waals surface area (Å²) in [6.07, 6.45) is 0.0125. The van der Waals surface area contributed by atoms with E-state index in [0.717, 1.165) is 18.2 Å². The number of benzene rings is 2. The number of ether oxygens (including phenoxy) is 1. The Bertz CT molecular complexity index is 632. The molecule has 3 nitrogen and oxygen atoms in total. The largest absolute Gasteiger partial charge is 0.493 e. The number of carbonyl (C=O) groups excluding carboxylic acids is 1. The van der Waals surface area contributed by atoms with Gasteiger partial charge in [0.2, 0.25) is 5.91 Å². The van der Waals surface area contributed by atoms with Gasteiger partial charge in [0.15, 0.2) is 0 Å². The maximum absolute atomic E-state index is 13.3. The van der Waals surface area contributed by atoms with E-state index in [4.69, 9.17) is 16.3 Å². The first-order valence-electron chi connectivity index (χ1n) is 6.18. The fourth-order valence-corrected chi connectivity index (χ4v) is 1.72. The average molecular weight is 312 g/mol. The number of rotatable bonds is 5. The normalized spacial score (nSPS) is 10.2. The Hall–Kier alpha value is -2.14. The van der Waals surface area contributed by atoms with Crippen molar-refractivity contribution in [2.24, 2.45) is 0 Å². The standard InChI is InChI=1S/C15H12ClF2NO2/c16-10-1-4-12(5-2-10)21-8-7-15(20)19-14-9-11(17)3-6-13(14)18/h1-6,9H,7-8H2,(H,19,20). The van der Waals surface area contributed by atoms with Crippen LogP contribution in [-0.2, 0) is 4.79 Å². The number of anilines is 1. The van der Waals surface area contributed by atoms with Crippen LogP contribution in [0.15, 0.2) is 42.5 Å². The van der Waals surface area contributed by atoms with Crippen LogP contribution >= 0.6 is 11.6 Å². The first-order chi connectivity index (χ1) is 10.0. The van der Waals surface area contributed by atoms with E-state index in [2.05, 4.69) is 5.32 Å². The van der Waals surface area contributed by atoms with Crippen molar-refractivity contribution in [1.82, 2.24) is 0 Å². The highest BCUT2D eigenvalue weighted by atomic mass is 35.5.